The van der Waals surface area contributed by atoms with Crippen molar-refractivity contribution in [3.8, 4) is 17.0 Å². The molecule has 0 aliphatic carbocycles. The number of hydrogen-bond acceptors (Lipinski definition) is 4. The Morgan fingerprint density at radius 1 is 1.12 bits per heavy atom. The van der Waals surface area contributed by atoms with Crippen molar-refractivity contribution in [1.29, 1.82) is 0 Å². The summed E-state index contributed by atoms with van der Waals surface area (Å²) >= 11 is 0. The van der Waals surface area contributed by atoms with Gasteiger partial charge in [-0.2, -0.15) is 0 Å². The fourth-order valence-corrected chi connectivity index (χ4v) is 4.38. The third-order valence-corrected chi connectivity index (χ3v) is 5.76. The SMILES string of the molecule is O=Cc1cn(S(=O)(=O)c2cccc(F)c2)c2c1COc1ccccc1-2. The molecule has 2 heterocycles. The molecule has 0 bridgehead atoms. The summed E-state index contributed by atoms with van der Waals surface area (Å²) in [5.41, 5.74) is 1.66. The summed E-state index contributed by atoms with van der Waals surface area (Å²) in [4.78, 5) is 11.2. The molecule has 126 valence electrons. The number of nitrogens with zero attached hydrogens (tertiary/aromatic N) is 1. The van der Waals surface area contributed by atoms with Gasteiger partial charge in [0.2, 0.25) is 0 Å². The highest BCUT2D eigenvalue weighted by Gasteiger charge is 2.30. The Labute approximate surface area is 143 Å². The van der Waals surface area contributed by atoms with Crippen LogP contribution in [-0.2, 0) is 16.6 Å². The number of carbonyl (C=O) groups is 1. The Balaban J connectivity index is 2.02. The maximum Gasteiger partial charge on any atom is 0.268 e. The number of hydrogen-bond donors (Lipinski definition) is 0. The van der Waals surface area contributed by atoms with Crippen LogP contribution in [0.3, 0.4) is 0 Å². The van der Waals surface area contributed by atoms with Crippen molar-refractivity contribution in [2.24, 2.45) is 0 Å². The lowest BCUT2D eigenvalue weighted by atomic mass is 10.0. The Bertz CT molecular complexity index is 1100. The van der Waals surface area contributed by atoms with Crippen LogP contribution in [0.5, 0.6) is 5.75 Å². The first-order valence-electron chi connectivity index (χ1n) is 7.45. The predicted octanol–water partition coefficient (Wildman–Crippen LogP) is 3.24. The molecule has 2 aromatic carbocycles. The number of ether oxygens (including phenoxy) is 1. The molecule has 1 aliphatic rings. The number of halogens is 1. The molecule has 4 rings (SSSR count). The fourth-order valence-electron chi connectivity index (χ4n) is 2.94. The smallest absolute Gasteiger partial charge is 0.268 e. The molecule has 25 heavy (non-hydrogen) atoms. The molecule has 1 aliphatic heterocycles. The molecular weight excluding hydrogens is 345 g/mol. The van der Waals surface area contributed by atoms with E-state index in [-0.39, 0.29) is 17.1 Å². The van der Waals surface area contributed by atoms with Crippen LogP contribution < -0.4 is 4.74 Å². The summed E-state index contributed by atoms with van der Waals surface area (Å²) < 4.78 is 46.2. The lowest BCUT2D eigenvalue weighted by Crippen LogP contribution is -2.16. The van der Waals surface area contributed by atoms with Gasteiger partial charge in [0.25, 0.3) is 10.0 Å². The number of aldehydes is 1. The second-order valence-corrected chi connectivity index (χ2v) is 7.39. The van der Waals surface area contributed by atoms with Crippen molar-refractivity contribution >= 4 is 16.3 Å². The minimum atomic E-state index is -4.07. The standard InChI is InChI=1S/C18H12FNO4S/c19-13-4-3-5-14(8-13)25(22,23)20-9-12(10-21)16-11-24-17-7-2-1-6-15(17)18(16)20/h1-10H,11H2. The van der Waals surface area contributed by atoms with E-state index in [4.69, 9.17) is 4.74 Å². The Morgan fingerprint density at radius 2 is 1.92 bits per heavy atom. The summed E-state index contributed by atoms with van der Waals surface area (Å²) in [6.45, 7) is 0.0894. The van der Waals surface area contributed by atoms with E-state index >= 15 is 0 Å². The Hall–Kier alpha value is -2.93. The minimum absolute atomic E-state index is 0.0894. The number of rotatable bonds is 3. The number of aromatic nitrogens is 1. The summed E-state index contributed by atoms with van der Waals surface area (Å²) in [6, 6.07) is 11.7. The monoisotopic (exact) mass is 357 g/mol. The average molecular weight is 357 g/mol. The molecule has 0 saturated carbocycles. The van der Waals surface area contributed by atoms with Crippen LogP contribution >= 0.6 is 0 Å². The van der Waals surface area contributed by atoms with E-state index in [9.17, 15) is 17.6 Å². The first-order chi connectivity index (χ1) is 12.0. The second kappa shape index (κ2) is 5.56. The molecule has 0 unspecified atom stereocenters. The Morgan fingerprint density at radius 3 is 2.68 bits per heavy atom. The first-order valence-corrected chi connectivity index (χ1v) is 8.89. The summed E-state index contributed by atoms with van der Waals surface area (Å²) in [5.74, 6) is -0.123. The highest BCUT2D eigenvalue weighted by molar-refractivity contribution is 7.90. The summed E-state index contributed by atoms with van der Waals surface area (Å²) in [7, 11) is -4.07. The highest BCUT2D eigenvalue weighted by atomic mass is 32.2. The summed E-state index contributed by atoms with van der Waals surface area (Å²) in [6.07, 6.45) is 1.84. The molecule has 7 heteroatoms. The van der Waals surface area contributed by atoms with E-state index in [1.54, 1.807) is 24.3 Å². The van der Waals surface area contributed by atoms with Gasteiger partial charge in [-0.3, -0.25) is 4.79 Å². The van der Waals surface area contributed by atoms with Crippen LogP contribution in [0, 0.1) is 5.82 Å². The van der Waals surface area contributed by atoms with Gasteiger partial charge in [-0.25, -0.2) is 16.8 Å². The molecule has 0 atom stereocenters. The zero-order valence-corrected chi connectivity index (χ0v) is 13.7. The van der Waals surface area contributed by atoms with Crippen LogP contribution in [0.1, 0.15) is 15.9 Å². The predicted molar refractivity (Wildman–Crippen MR) is 88.6 cm³/mol. The third-order valence-electron chi connectivity index (χ3n) is 4.11. The van der Waals surface area contributed by atoms with E-state index in [0.29, 0.717) is 28.9 Å². The average Bonchev–Trinajstić information content (AvgIpc) is 3.02. The van der Waals surface area contributed by atoms with Gasteiger partial charge in [0.15, 0.2) is 6.29 Å². The molecule has 0 fully saturated rings. The topological polar surface area (TPSA) is 65.4 Å². The van der Waals surface area contributed by atoms with Crippen molar-refractivity contribution in [2.75, 3.05) is 0 Å². The molecule has 3 aromatic rings. The van der Waals surface area contributed by atoms with Crippen molar-refractivity contribution < 1.29 is 22.3 Å². The van der Waals surface area contributed by atoms with Gasteiger partial charge < -0.3 is 4.74 Å². The third kappa shape index (κ3) is 2.35. The number of benzene rings is 2. The normalized spacial score (nSPS) is 12.8. The maximum absolute atomic E-state index is 13.5. The van der Waals surface area contributed by atoms with Crippen LogP contribution in [0.25, 0.3) is 11.3 Å². The van der Waals surface area contributed by atoms with Crippen molar-refractivity contribution in [3.63, 3.8) is 0 Å². The fraction of sp³-hybridized carbons (Fsp3) is 0.0556. The molecule has 0 spiro atoms. The molecule has 0 amide bonds. The van der Waals surface area contributed by atoms with Gasteiger partial charge >= 0.3 is 0 Å². The number of carbonyl (C=O) groups excluding carboxylic acids is 1. The molecule has 1 aromatic heterocycles. The van der Waals surface area contributed by atoms with E-state index in [2.05, 4.69) is 0 Å². The van der Waals surface area contributed by atoms with Gasteiger partial charge in [0.05, 0.1) is 10.6 Å². The largest absolute Gasteiger partial charge is 0.488 e. The minimum Gasteiger partial charge on any atom is -0.488 e. The highest BCUT2D eigenvalue weighted by Crippen LogP contribution is 2.40. The van der Waals surface area contributed by atoms with E-state index < -0.39 is 15.8 Å². The number of para-hydroxylation sites is 1. The van der Waals surface area contributed by atoms with Crippen LogP contribution in [-0.4, -0.2) is 18.7 Å². The zero-order valence-electron chi connectivity index (χ0n) is 12.8. The van der Waals surface area contributed by atoms with Crippen molar-refractivity contribution in [3.05, 3.63) is 71.7 Å². The van der Waals surface area contributed by atoms with Crippen molar-refractivity contribution in [1.82, 2.24) is 3.97 Å². The lowest BCUT2D eigenvalue weighted by Gasteiger charge is -2.20. The zero-order chi connectivity index (χ0) is 17.6. The van der Waals surface area contributed by atoms with Gasteiger partial charge in [0.1, 0.15) is 18.2 Å². The number of fused-ring (bicyclic) bond motifs is 3. The van der Waals surface area contributed by atoms with Gasteiger partial charge in [-0.1, -0.05) is 18.2 Å². The molecule has 0 N–H and O–H groups in total. The summed E-state index contributed by atoms with van der Waals surface area (Å²) in [5, 5.41) is 0. The van der Waals surface area contributed by atoms with Gasteiger partial charge in [-0.05, 0) is 30.3 Å². The first kappa shape index (κ1) is 15.6. The van der Waals surface area contributed by atoms with Gasteiger partial charge in [-0.15, -0.1) is 0 Å². The van der Waals surface area contributed by atoms with E-state index in [1.807, 2.05) is 0 Å². The maximum atomic E-state index is 13.5. The lowest BCUT2D eigenvalue weighted by molar-refractivity contribution is 0.112. The molecular formula is C18H12FNO4S. The quantitative estimate of drug-likeness (QED) is 0.675. The van der Waals surface area contributed by atoms with E-state index in [0.717, 1.165) is 10.0 Å². The van der Waals surface area contributed by atoms with Crippen LogP contribution in [0.4, 0.5) is 4.39 Å². The van der Waals surface area contributed by atoms with Crippen molar-refractivity contribution in [2.45, 2.75) is 11.5 Å². The molecule has 0 radical (unpaired) electrons. The van der Waals surface area contributed by atoms with E-state index in [1.165, 1.54) is 24.4 Å². The van der Waals surface area contributed by atoms with Gasteiger partial charge in [0, 0.05) is 22.9 Å². The second-order valence-electron chi connectivity index (χ2n) is 5.57. The van der Waals surface area contributed by atoms with Crippen LogP contribution in [0.2, 0.25) is 0 Å². The Kier molecular flexibility index (Phi) is 3.47. The van der Waals surface area contributed by atoms with Crippen LogP contribution in [0.15, 0.2) is 59.6 Å². The molecule has 0 saturated heterocycles. The molecule has 5 nitrogen and oxygen atoms in total.